The van der Waals surface area contributed by atoms with E-state index in [-0.39, 0.29) is 11.2 Å². The molecule has 0 radical (unpaired) electrons. The lowest BCUT2D eigenvalue weighted by molar-refractivity contribution is -0.121. The van der Waals surface area contributed by atoms with Gasteiger partial charge < -0.3 is 10.6 Å². The van der Waals surface area contributed by atoms with Crippen LogP contribution in [0.25, 0.3) is 0 Å². The van der Waals surface area contributed by atoms with Crippen molar-refractivity contribution < 1.29 is 4.79 Å². The number of carbonyl (C=O) groups is 1. The highest BCUT2D eigenvalue weighted by molar-refractivity contribution is 9.10. The van der Waals surface area contributed by atoms with Crippen LogP contribution in [-0.4, -0.2) is 27.4 Å². The standard InChI is InChI=1S/C17H21BrN4OS2/c1-11(15(23)19-13-7-3-2-4-8-13)24-17-22-21-16(25-17)20-14-9-5-6-12(18)10-14/h5-6,9-11,13H,2-4,7-8H2,1H3,(H,19,23)(H,20,21). The normalized spacial score (nSPS) is 16.4. The zero-order valence-electron chi connectivity index (χ0n) is 14.0. The van der Waals surface area contributed by atoms with Gasteiger partial charge in [-0.25, -0.2) is 0 Å². The van der Waals surface area contributed by atoms with Gasteiger partial charge in [0.1, 0.15) is 0 Å². The molecule has 0 saturated heterocycles. The first-order chi connectivity index (χ1) is 12.1. The van der Waals surface area contributed by atoms with Crippen LogP contribution < -0.4 is 10.6 Å². The summed E-state index contributed by atoms with van der Waals surface area (Å²) < 4.78 is 1.80. The van der Waals surface area contributed by atoms with Crippen LogP contribution in [0.3, 0.4) is 0 Å². The van der Waals surface area contributed by atoms with Crippen LogP contribution in [0.4, 0.5) is 10.8 Å². The number of aromatic nitrogens is 2. The van der Waals surface area contributed by atoms with Crippen LogP contribution >= 0.6 is 39.0 Å². The molecule has 2 N–H and O–H groups in total. The Morgan fingerprint density at radius 2 is 2.12 bits per heavy atom. The zero-order chi connectivity index (χ0) is 17.6. The topological polar surface area (TPSA) is 66.9 Å². The summed E-state index contributed by atoms with van der Waals surface area (Å²) in [6, 6.07) is 8.22. The molecule has 1 fully saturated rings. The molecule has 0 spiro atoms. The SMILES string of the molecule is CC(Sc1nnc(Nc2cccc(Br)c2)s1)C(=O)NC1CCCCC1. The Morgan fingerprint density at radius 1 is 1.32 bits per heavy atom. The molecule has 0 aliphatic heterocycles. The lowest BCUT2D eigenvalue weighted by atomic mass is 9.95. The number of nitrogens with one attached hydrogen (secondary N) is 2. The van der Waals surface area contributed by atoms with Crippen molar-refractivity contribution in [1.82, 2.24) is 15.5 Å². The van der Waals surface area contributed by atoms with Crippen molar-refractivity contribution in [2.75, 3.05) is 5.32 Å². The Bertz CT molecular complexity index is 718. The maximum atomic E-state index is 12.4. The number of amides is 1. The van der Waals surface area contributed by atoms with E-state index in [1.165, 1.54) is 42.4 Å². The molecule has 2 aromatic rings. The fourth-order valence-electron chi connectivity index (χ4n) is 2.77. The van der Waals surface area contributed by atoms with Gasteiger partial charge in [0.2, 0.25) is 11.0 Å². The Labute approximate surface area is 164 Å². The van der Waals surface area contributed by atoms with Gasteiger partial charge in [0.25, 0.3) is 0 Å². The third kappa shape index (κ3) is 5.69. The summed E-state index contributed by atoms with van der Waals surface area (Å²) in [5.74, 6) is 0.0913. The minimum atomic E-state index is -0.173. The summed E-state index contributed by atoms with van der Waals surface area (Å²) in [5.41, 5.74) is 0.949. The predicted octanol–water partition coefficient (Wildman–Crippen LogP) is 4.97. The largest absolute Gasteiger partial charge is 0.352 e. The van der Waals surface area contributed by atoms with Crippen molar-refractivity contribution in [3.63, 3.8) is 0 Å². The average molecular weight is 441 g/mol. The molecule has 1 aromatic heterocycles. The van der Waals surface area contributed by atoms with Gasteiger partial charge in [0, 0.05) is 16.2 Å². The van der Waals surface area contributed by atoms with Gasteiger partial charge >= 0.3 is 0 Å². The van der Waals surface area contributed by atoms with Gasteiger partial charge in [-0.1, -0.05) is 64.4 Å². The number of rotatable bonds is 6. The van der Waals surface area contributed by atoms with E-state index >= 15 is 0 Å². The Hall–Kier alpha value is -1.12. The molecule has 1 aliphatic carbocycles. The molecule has 1 saturated carbocycles. The highest BCUT2D eigenvalue weighted by atomic mass is 79.9. The molecule has 25 heavy (non-hydrogen) atoms. The number of benzene rings is 1. The number of nitrogens with zero attached hydrogens (tertiary/aromatic N) is 2. The molecular formula is C17H21BrN4OS2. The molecule has 0 bridgehead atoms. The van der Waals surface area contributed by atoms with Crippen molar-refractivity contribution >= 4 is 55.8 Å². The molecule has 1 aromatic carbocycles. The number of anilines is 2. The van der Waals surface area contributed by atoms with Crippen LogP contribution in [0.1, 0.15) is 39.0 Å². The molecule has 3 rings (SSSR count). The van der Waals surface area contributed by atoms with Crippen molar-refractivity contribution in [3.05, 3.63) is 28.7 Å². The molecule has 1 atom stereocenters. The Morgan fingerprint density at radius 3 is 2.88 bits per heavy atom. The smallest absolute Gasteiger partial charge is 0.233 e. The number of thioether (sulfide) groups is 1. The van der Waals surface area contributed by atoms with Crippen LogP contribution in [0.15, 0.2) is 33.1 Å². The third-order valence-corrected chi connectivity index (χ3v) is 6.60. The zero-order valence-corrected chi connectivity index (χ0v) is 17.2. The highest BCUT2D eigenvalue weighted by Crippen LogP contribution is 2.31. The van der Waals surface area contributed by atoms with Crippen molar-refractivity contribution in [1.29, 1.82) is 0 Å². The second-order valence-corrected chi connectivity index (χ2v) is 9.59. The second kappa shape index (κ2) is 9.00. The van der Waals surface area contributed by atoms with Crippen LogP contribution in [0, 0.1) is 0 Å². The lowest BCUT2D eigenvalue weighted by Crippen LogP contribution is -2.40. The summed E-state index contributed by atoms with van der Waals surface area (Å²) in [6.07, 6.45) is 5.92. The quantitative estimate of drug-likeness (QED) is 0.620. The van der Waals surface area contributed by atoms with Crippen molar-refractivity contribution in [2.24, 2.45) is 0 Å². The van der Waals surface area contributed by atoms with Gasteiger partial charge in [0.05, 0.1) is 5.25 Å². The summed E-state index contributed by atoms with van der Waals surface area (Å²) in [6.45, 7) is 1.92. The van der Waals surface area contributed by atoms with E-state index in [9.17, 15) is 4.79 Å². The summed E-state index contributed by atoms with van der Waals surface area (Å²) in [5, 5.41) is 15.3. The molecule has 1 unspecified atom stereocenters. The third-order valence-electron chi connectivity index (χ3n) is 4.08. The van der Waals surface area contributed by atoms with E-state index < -0.39 is 0 Å². The monoisotopic (exact) mass is 440 g/mol. The first-order valence-electron chi connectivity index (χ1n) is 8.43. The van der Waals surface area contributed by atoms with Gasteiger partial charge in [0.15, 0.2) is 4.34 Å². The summed E-state index contributed by atoms with van der Waals surface area (Å²) >= 11 is 6.37. The lowest BCUT2D eigenvalue weighted by Gasteiger charge is -2.24. The van der Waals surface area contributed by atoms with Crippen LogP contribution in [0.2, 0.25) is 0 Å². The summed E-state index contributed by atoms with van der Waals surface area (Å²) in [7, 11) is 0. The van der Waals surface area contributed by atoms with Crippen LogP contribution in [-0.2, 0) is 4.79 Å². The molecule has 1 aliphatic rings. The predicted molar refractivity (Wildman–Crippen MR) is 108 cm³/mol. The van der Waals surface area contributed by atoms with Crippen molar-refractivity contribution in [2.45, 2.75) is 54.7 Å². The average Bonchev–Trinajstić information content (AvgIpc) is 3.02. The van der Waals surface area contributed by atoms with E-state index in [0.717, 1.165) is 32.5 Å². The molecule has 1 amide bonds. The van der Waals surface area contributed by atoms with Crippen LogP contribution in [0.5, 0.6) is 0 Å². The van der Waals surface area contributed by atoms with Gasteiger partial charge in [-0.3, -0.25) is 4.79 Å². The second-order valence-electron chi connectivity index (χ2n) is 6.11. The van der Waals surface area contributed by atoms with Gasteiger partial charge in [-0.15, -0.1) is 10.2 Å². The number of carbonyl (C=O) groups excluding carboxylic acids is 1. The minimum absolute atomic E-state index is 0.0913. The fourth-order valence-corrected chi connectivity index (χ4v) is 5.09. The summed E-state index contributed by atoms with van der Waals surface area (Å²) in [4.78, 5) is 12.4. The maximum absolute atomic E-state index is 12.4. The van der Waals surface area contributed by atoms with E-state index in [2.05, 4.69) is 36.8 Å². The molecular weight excluding hydrogens is 420 g/mol. The first kappa shape index (κ1) is 18.7. The highest BCUT2D eigenvalue weighted by Gasteiger charge is 2.21. The van der Waals surface area contributed by atoms with E-state index in [4.69, 9.17) is 0 Å². The van der Waals surface area contributed by atoms with E-state index in [0.29, 0.717) is 6.04 Å². The number of hydrogen-bond acceptors (Lipinski definition) is 6. The number of hydrogen-bond donors (Lipinski definition) is 2. The van der Waals surface area contributed by atoms with Gasteiger partial charge in [-0.05, 0) is 38.0 Å². The Kier molecular flexibility index (Phi) is 6.72. The van der Waals surface area contributed by atoms with Gasteiger partial charge in [-0.2, -0.15) is 0 Å². The molecule has 5 nitrogen and oxygen atoms in total. The fraction of sp³-hybridized carbons (Fsp3) is 0.471. The molecule has 8 heteroatoms. The molecule has 1 heterocycles. The minimum Gasteiger partial charge on any atom is -0.352 e. The maximum Gasteiger partial charge on any atom is 0.233 e. The van der Waals surface area contributed by atoms with Crippen molar-refractivity contribution in [3.8, 4) is 0 Å². The molecule has 134 valence electrons. The van der Waals surface area contributed by atoms with E-state index in [1.54, 1.807) is 0 Å². The Balaban J connectivity index is 1.52. The first-order valence-corrected chi connectivity index (χ1v) is 10.9. The number of halogens is 1. The van der Waals surface area contributed by atoms with E-state index in [1.807, 2.05) is 31.2 Å².